The number of hydrogen-bond donors (Lipinski definition) is 4. The summed E-state index contributed by atoms with van der Waals surface area (Å²) in [7, 11) is 0. The first kappa shape index (κ1) is 32.8. The molecule has 224 valence electrons. The van der Waals surface area contributed by atoms with Gasteiger partial charge in [0.2, 0.25) is 0 Å². The van der Waals surface area contributed by atoms with Crippen molar-refractivity contribution in [1.29, 1.82) is 5.41 Å². The van der Waals surface area contributed by atoms with Crippen molar-refractivity contribution in [2.75, 3.05) is 12.3 Å². The number of nitrogens with zero attached hydrogens (tertiary/aromatic N) is 2. The van der Waals surface area contributed by atoms with E-state index >= 15 is 0 Å². The number of aliphatic imine (C=N–C) groups is 1. The van der Waals surface area contributed by atoms with Gasteiger partial charge in [0.1, 0.15) is 11.4 Å². The summed E-state index contributed by atoms with van der Waals surface area (Å²) in [6.07, 6.45) is 8.71. The highest BCUT2D eigenvalue weighted by Gasteiger charge is 2.35. The molecule has 2 aromatic rings. The Balaban J connectivity index is 0.000000892. The number of nitrogen functional groups attached to an aromatic ring is 1. The van der Waals surface area contributed by atoms with Crippen LogP contribution >= 0.6 is 15.9 Å². The number of likely N-dealkylation sites (tertiary alicyclic amines) is 1. The Bertz CT molecular complexity index is 1410. The molecule has 1 saturated heterocycles. The Hall–Kier alpha value is -3.72. The molecule has 8 nitrogen and oxygen atoms in total. The van der Waals surface area contributed by atoms with Crippen molar-refractivity contribution >= 4 is 50.9 Å². The van der Waals surface area contributed by atoms with Crippen molar-refractivity contribution in [2.45, 2.75) is 77.7 Å². The van der Waals surface area contributed by atoms with Crippen molar-refractivity contribution in [3.05, 3.63) is 75.4 Å². The SMILES string of the molecule is C=CC(C)=O.CCC/C(N)=C1/C(=Nc2ccc(C3CCC3)cc2O)CCN(C(=O)c2ccc(Br)c(N)c2C=N)C1CC. The molecule has 9 heteroatoms. The zero-order valence-electron chi connectivity index (χ0n) is 24.8. The third-order valence-electron chi connectivity index (χ3n) is 7.85. The first-order chi connectivity index (χ1) is 20.1. The number of rotatable bonds is 8. The lowest BCUT2D eigenvalue weighted by Gasteiger charge is -2.39. The summed E-state index contributed by atoms with van der Waals surface area (Å²) in [6, 6.07) is 8.98. The number of nitrogens with one attached hydrogen (secondary N) is 1. The quantitative estimate of drug-likeness (QED) is 0.138. The van der Waals surface area contributed by atoms with Crippen molar-refractivity contribution in [3.8, 4) is 5.75 Å². The van der Waals surface area contributed by atoms with Gasteiger partial charge in [-0.05, 0) is 90.4 Å². The topological polar surface area (TPSA) is 146 Å². The predicted octanol–water partition coefficient (Wildman–Crippen LogP) is 7.17. The Morgan fingerprint density at radius 3 is 2.45 bits per heavy atom. The molecule has 0 spiro atoms. The monoisotopic (exact) mass is 635 g/mol. The first-order valence-electron chi connectivity index (χ1n) is 14.5. The van der Waals surface area contributed by atoms with Crippen LogP contribution in [0, 0.1) is 5.41 Å². The van der Waals surface area contributed by atoms with Crippen LogP contribution in [0.5, 0.6) is 5.75 Å². The Morgan fingerprint density at radius 1 is 1.24 bits per heavy atom. The van der Waals surface area contributed by atoms with Gasteiger partial charge in [0.15, 0.2) is 5.78 Å². The molecule has 42 heavy (non-hydrogen) atoms. The van der Waals surface area contributed by atoms with E-state index in [1.165, 1.54) is 32.3 Å². The highest BCUT2D eigenvalue weighted by molar-refractivity contribution is 9.10. The summed E-state index contributed by atoms with van der Waals surface area (Å²) in [5.74, 6) is 0.543. The smallest absolute Gasteiger partial charge is 0.255 e. The molecule has 1 aliphatic carbocycles. The van der Waals surface area contributed by atoms with E-state index in [1.54, 1.807) is 12.1 Å². The molecule has 2 fully saturated rings. The van der Waals surface area contributed by atoms with E-state index in [0.29, 0.717) is 58.7 Å². The summed E-state index contributed by atoms with van der Waals surface area (Å²) in [5.41, 5.74) is 18.1. The lowest BCUT2D eigenvalue weighted by Crippen LogP contribution is -2.49. The normalized spacial score (nSPS) is 18.9. The van der Waals surface area contributed by atoms with Gasteiger partial charge in [-0.2, -0.15) is 0 Å². The number of phenols is 1. The van der Waals surface area contributed by atoms with Gasteiger partial charge >= 0.3 is 0 Å². The van der Waals surface area contributed by atoms with Crippen molar-refractivity contribution < 1.29 is 14.7 Å². The van der Waals surface area contributed by atoms with E-state index < -0.39 is 0 Å². The van der Waals surface area contributed by atoms with Gasteiger partial charge in [-0.3, -0.25) is 9.59 Å². The van der Waals surface area contributed by atoms with E-state index in [9.17, 15) is 14.7 Å². The highest BCUT2D eigenvalue weighted by Crippen LogP contribution is 2.40. The average Bonchev–Trinajstić information content (AvgIpc) is 2.94. The van der Waals surface area contributed by atoms with Crippen LogP contribution in [0.25, 0.3) is 0 Å². The molecule has 2 aromatic carbocycles. The van der Waals surface area contributed by atoms with E-state index in [4.69, 9.17) is 21.9 Å². The van der Waals surface area contributed by atoms with Crippen LogP contribution in [-0.2, 0) is 4.79 Å². The molecule has 0 radical (unpaired) electrons. The lowest BCUT2D eigenvalue weighted by molar-refractivity contribution is -0.112. The maximum Gasteiger partial charge on any atom is 0.255 e. The van der Waals surface area contributed by atoms with Gasteiger partial charge < -0.3 is 26.9 Å². The highest BCUT2D eigenvalue weighted by atomic mass is 79.9. The number of carbonyl (C=O) groups is 2. The number of aromatic hydroxyl groups is 1. The maximum absolute atomic E-state index is 13.8. The van der Waals surface area contributed by atoms with Gasteiger partial charge in [-0.1, -0.05) is 39.3 Å². The average molecular weight is 637 g/mol. The summed E-state index contributed by atoms with van der Waals surface area (Å²) < 4.78 is 0.651. The number of nitrogens with two attached hydrogens (primary N) is 2. The third-order valence-corrected chi connectivity index (χ3v) is 8.54. The molecule has 6 N–H and O–H groups in total. The number of anilines is 1. The summed E-state index contributed by atoms with van der Waals surface area (Å²) in [6.45, 7) is 9.23. The second kappa shape index (κ2) is 15.0. The van der Waals surface area contributed by atoms with E-state index in [1.807, 2.05) is 24.0 Å². The summed E-state index contributed by atoms with van der Waals surface area (Å²) in [5, 5.41) is 18.6. The van der Waals surface area contributed by atoms with Crippen LogP contribution in [0.15, 0.2) is 63.7 Å². The van der Waals surface area contributed by atoms with Crippen LogP contribution in [0.4, 0.5) is 11.4 Å². The zero-order chi connectivity index (χ0) is 31.0. The number of benzene rings is 2. The number of halogens is 1. The minimum atomic E-state index is -0.272. The lowest BCUT2D eigenvalue weighted by atomic mass is 9.80. The van der Waals surface area contributed by atoms with Gasteiger partial charge in [-0.15, -0.1) is 0 Å². The molecule has 1 unspecified atom stereocenters. The van der Waals surface area contributed by atoms with Gasteiger partial charge in [0, 0.05) is 46.2 Å². The molecule has 1 amide bonds. The number of piperidine rings is 1. The predicted molar refractivity (Wildman–Crippen MR) is 175 cm³/mol. The fraction of sp³-hybridized carbons (Fsp3) is 0.394. The Morgan fingerprint density at radius 2 is 1.93 bits per heavy atom. The number of amides is 1. The molecule has 1 heterocycles. The maximum atomic E-state index is 13.8. The van der Waals surface area contributed by atoms with E-state index in [-0.39, 0.29) is 23.5 Å². The largest absolute Gasteiger partial charge is 0.506 e. The molecule has 1 aliphatic heterocycles. The van der Waals surface area contributed by atoms with Crippen molar-refractivity contribution in [1.82, 2.24) is 4.90 Å². The molecule has 0 aromatic heterocycles. The van der Waals surface area contributed by atoms with Crippen LogP contribution in [0.3, 0.4) is 0 Å². The minimum Gasteiger partial charge on any atom is -0.506 e. The number of allylic oxidation sites excluding steroid dienone is 2. The first-order valence-corrected chi connectivity index (χ1v) is 15.3. The number of hydrogen-bond acceptors (Lipinski definition) is 7. The minimum absolute atomic E-state index is 0.0185. The van der Waals surface area contributed by atoms with Crippen LogP contribution in [0.2, 0.25) is 0 Å². The summed E-state index contributed by atoms with van der Waals surface area (Å²) >= 11 is 3.39. The Kier molecular flexibility index (Phi) is 11.7. The second-order valence-corrected chi connectivity index (χ2v) is 11.5. The number of phenolic OH excluding ortho intramolecular Hbond substituents is 1. The molecule has 4 rings (SSSR count). The fourth-order valence-corrected chi connectivity index (χ4v) is 5.68. The number of ketones is 1. The second-order valence-electron chi connectivity index (χ2n) is 10.7. The number of carbonyl (C=O) groups excluding carboxylic acids is 2. The van der Waals surface area contributed by atoms with Gasteiger partial charge in [0.05, 0.1) is 17.3 Å². The standard InChI is InChI=1S/C29H36BrN5O2.C4H6O/c1-3-6-22(32)27-24(34-23-12-9-18(15-26(23)36)17-7-5-8-17)13-14-35(25(27)4-2)29(37)19-10-11-21(30)28(33)20(19)16-31;1-3-4(2)5/h9-12,15-17,25,31,36H,3-8,13-14,32-33H2,1-2H3;3H,1H2,2H3/b27-22+,31-16?,34-24?;. The zero-order valence-corrected chi connectivity index (χ0v) is 26.3. The molecule has 1 atom stereocenters. The van der Waals surface area contributed by atoms with E-state index in [2.05, 4.69) is 35.5 Å². The molecule has 2 aliphatic rings. The summed E-state index contributed by atoms with van der Waals surface area (Å²) in [4.78, 5) is 30.2. The van der Waals surface area contributed by atoms with E-state index in [0.717, 1.165) is 35.2 Å². The van der Waals surface area contributed by atoms with Crippen molar-refractivity contribution in [2.24, 2.45) is 10.7 Å². The molecule has 0 bridgehead atoms. The van der Waals surface area contributed by atoms with Gasteiger partial charge in [-0.25, -0.2) is 4.99 Å². The third kappa shape index (κ3) is 7.37. The Labute approximate surface area is 257 Å². The fourth-order valence-electron chi connectivity index (χ4n) is 5.33. The van der Waals surface area contributed by atoms with Crippen LogP contribution in [0.1, 0.15) is 93.1 Å². The molecular weight excluding hydrogens is 594 g/mol. The molecular formula is C33H42BrN5O3. The van der Waals surface area contributed by atoms with Crippen molar-refractivity contribution in [3.63, 3.8) is 0 Å². The van der Waals surface area contributed by atoms with Crippen LogP contribution < -0.4 is 11.5 Å². The van der Waals surface area contributed by atoms with Crippen LogP contribution in [-0.4, -0.2) is 46.2 Å². The molecule has 1 saturated carbocycles. The van der Waals surface area contributed by atoms with Gasteiger partial charge in [0.25, 0.3) is 5.91 Å².